The van der Waals surface area contributed by atoms with Crippen molar-refractivity contribution in [2.45, 2.75) is 32.4 Å². The van der Waals surface area contributed by atoms with Crippen LogP contribution in [-0.2, 0) is 6.54 Å². The molecule has 19 heavy (non-hydrogen) atoms. The molecule has 2 rings (SSSR count). The fourth-order valence-electron chi connectivity index (χ4n) is 2.38. The Kier molecular flexibility index (Phi) is 4.92. The van der Waals surface area contributed by atoms with Gasteiger partial charge in [-0.3, -0.25) is 0 Å². The number of hydrogen-bond donors (Lipinski definition) is 2. The second kappa shape index (κ2) is 6.29. The topological polar surface area (TPSA) is 49.5 Å². The highest BCUT2D eigenvalue weighted by molar-refractivity contribution is 9.11. The Labute approximate surface area is 130 Å². The van der Waals surface area contributed by atoms with Gasteiger partial charge in [-0.1, -0.05) is 15.9 Å². The molecule has 1 atom stereocenters. The molecule has 0 bridgehead atoms. The Morgan fingerprint density at radius 1 is 1.47 bits per heavy atom. The number of aliphatic hydroxyl groups is 1. The molecule has 3 nitrogen and oxygen atoms in total. The smallest absolute Gasteiger partial charge is 0.0712 e. The monoisotopic (exact) mass is 388 g/mol. The maximum atomic E-state index is 9.50. The first-order chi connectivity index (χ1) is 8.97. The van der Waals surface area contributed by atoms with Crippen molar-refractivity contribution in [3.05, 3.63) is 38.4 Å². The molecule has 1 aromatic rings. The van der Waals surface area contributed by atoms with E-state index in [2.05, 4.69) is 42.8 Å². The fourth-order valence-corrected chi connectivity index (χ4v) is 3.69. The number of nitrogens with two attached hydrogens (primary N) is 1. The van der Waals surface area contributed by atoms with Crippen LogP contribution in [0.4, 0.5) is 5.69 Å². The molecule has 0 amide bonds. The van der Waals surface area contributed by atoms with Gasteiger partial charge in [0, 0.05) is 27.7 Å². The Morgan fingerprint density at radius 3 is 2.89 bits per heavy atom. The van der Waals surface area contributed by atoms with Crippen molar-refractivity contribution in [3.63, 3.8) is 0 Å². The van der Waals surface area contributed by atoms with Crippen molar-refractivity contribution in [1.29, 1.82) is 0 Å². The van der Waals surface area contributed by atoms with Crippen LogP contribution < -0.4 is 5.73 Å². The number of nitrogens with zero attached hydrogens (tertiary/aromatic N) is 1. The number of nitrogen functional groups attached to an aromatic ring is 1. The van der Waals surface area contributed by atoms with Crippen molar-refractivity contribution in [2.75, 3.05) is 12.3 Å². The van der Waals surface area contributed by atoms with E-state index in [0.717, 1.165) is 46.1 Å². The molecule has 0 aliphatic carbocycles. The van der Waals surface area contributed by atoms with Crippen LogP contribution in [0.15, 0.2) is 32.9 Å². The standard InChI is InChI=1S/C14H18Br2N2O/c1-9(19)5-12-3-2-4-18(12)8-10-6-11(15)7-13(16)14(10)17/h5-7,9,19H,2-4,8,17H2,1H3/b12-5-. The molecule has 1 aliphatic rings. The lowest BCUT2D eigenvalue weighted by Gasteiger charge is -2.22. The number of benzene rings is 1. The summed E-state index contributed by atoms with van der Waals surface area (Å²) >= 11 is 6.97. The summed E-state index contributed by atoms with van der Waals surface area (Å²) in [4.78, 5) is 2.29. The van der Waals surface area contributed by atoms with Crippen molar-refractivity contribution in [3.8, 4) is 0 Å². The minimum atomic E-state index is -0.401. The van der Waals surface area contributed by atoms with Crippen LogP contribution in [0.3, 0.4) is 0 Å². The van der Waals surface area contributed by atoms with E-state index in [1.54, 1.807) is 6.92 Å². The molecule has 1 aliphatic heterocycles. The lowest BCUT2D eigenvalue weighted by atomic mass is 10.1. The third-order valence-corrected chi connectivity index (χ3v) is 4.36. The van der Waals surface area contributed by atoms with Gasteiger partial charge < -0.3 is 15.7 Å². The Hall–Kier alpha value is -0.520. The van der Waals surface area contributed by atoms with E-state index >= 15 is 0 Å². The molecule has 104 valence electrons. The van der Waals surface area contributed by atoms with Crippen LogP contribution in [0, 0.1) is 0 Å². The molecule has 5 heteroatoms. The predicted molar refractivity (Wildman–Crippen MR) is 85.7 cm³/mol. The van der Waals surface area contributed by atoms with Crippen LogP contribution in [-0.4, -0.2) is 22.7 Å². The molecule has 1 saturated heterocycles. The van der Waals surface area contributed by atoms with Gasteiger partial charge in [-0.2, -0.15) is 0 Å². The molecule has 1 heterocycles. The number of aliphatic hydroxyl groups excluding tert-OH is 1. The van der Waals surface area contributed by atoms with Gasteiger partial charge in [-0.15, -0.1) is 0 Å². The maximum Gasteiger partial charge on any atom is 0.0712 e. The van der Waals surface area contributed by atoms with E-state index < -0.39 is 6.10 Å². The predicted octanol–water partition coefficient (Wildman–Crippen LogP) is 3.65. The summed E-state index contributed by atoms with van der Waals surface area (Å²) in [5.41, 5.74) is 9.21. The summed E-state index contributed by atoms with van der Waals surface area (Å²) in [6.07, 6.45) is 3.69. The summed E-state index contributed by atoms with van der Waals surface area (Å²) in [5, 5.41) is 9.50. The average molecular weight is 390 g/mol. The Bertz CT molecular complexity index is 500. The number of hydrogen-bond acceptors (Lipinski definition) is 3. The van der Waals surface area contributed by atoms with Crippen LogP contribution in [0.5, 0.6) is 0 Å². The second-order valence-corrected chi connectivity index (χ2v) is 6.65. The van der Waals surface area contributed by atoms with Crippen LogP contribution in [0.1, 0.15) is 25.3 Å². The lowest BCUT2D eigenvalue weighted by Crippen LogP contribution is -2.19. The Balaban J connectivity index is 2.21. The third-order valence-electron chi connectivity index (χ3n) is 3.24. The molecule has 1 aromatic carbocycles. The summed E-state index contributed by atoms with van der Waals surface area (Å²) < 4.78 is 1.93. The zero-order valence-electron chi connectivity index (χ0n) is 10.9. The molecule has 1 fully saturated rings. The van der Waals surface area contributed by atoms with Gasteiger partial charge in [0.15, 0.2) is 0 Å². The minimum Gasteiger partial charge on any atom is -0.398 e. The molecule has 0 aromatic heterocycles. The van der Waals surface area contributed by atoms with E-state index in [1.165, 1.54) is 5.70 Å². The summed E-state index contributed by atoms with van der Waals surface area (Å²) in [5.74, 6) is 0. The van der Waals surface area contributed by atoms with E-state index in [-0.39, 0.29) is 0 Å². The van der Waals surface area contributed by atoms with E-state index in [1.807, 2.05) is 12.1 Å². The second-order valence-electron chi connectivity index (χ2n) is 4.88. The summed E-state index contributed by atoms with van der Waals surface area (Å²) in [6, 6.07) is 4.01. The van der Waals surface area contributed by atoms with Crippen LogP contribution >= 0.6 is 31.9 Å². The zero-order valence-corrected chi connectivity index (χ0v) is 14.0. The molecular weight excluding hydrogens is 372 g/mol. The zero-order chi connectivity index (χ0) is 14.0. The van der Waals surface area contributed by atoms with Crippen molar-refractivity contribution in [1.82, 2.24) is 4.90 Å². The van der Waals surface area contributed by atoms with Crippen molar-refractivity contribution in [2.24, 2.45) is 0 Å². The van der Waals surface area contributed by atoms with Gasteiger partial charge in [0.25, 0.3) is 0 Å². The van der Waals surface area contributed by atoms with E-state index in [0.29, 0.717) is 0 Å². The molecular formula is C14H18Br2N2O. The molecule has 0 spiro atoms. The highest BCUT2D eigenvalue weighted by Crippen LogP contribution is 2.31. The summed E-state index contributed by atoms with van der Waals surface area (Å²) in [7, 11) is 0. The first kappa shape index (κ1) is 14.9. The van der Waals surface area contributed by atoms with Crippen molar-refractivity contribution < 1.29 is 5.11 Å². The largest absolute Gasteiger partial charge is 0.398 e. The van der Waals surface area contributed by atoms with Crippen molar-refractivity contribution >= 4 is 37.5 Å². The highest BCUT2D eigenvalue weighted by Gasteiger charge is 2.19. The van der Waals surface area contributed by atoms with Gasteiger partial charge in [0.2, 0.25) is 0 Å². The first-order valence-corrected chi connectivity index (χ1v) is 7.93. The van der Waals surface area contributed by atoms with E-state index in [4.69, 9.17) is 5.73 Å². The van der Waals surface area contributed by atoms with Gasteiger partial charge in [-0.25, -0.2) is 0 Å². The number of allylic oxidation sites excluding steroid dienone is 1. The lowest BCUT2D eigenvalue weighted by molar-refractivity contribution is 0.239. The molecule has 3 N–H and O–H groups in total. The Morgan fingerprint density at radius 2 is 2.21 bits per heavy atom. The van der Waals surface area contributed by atoms with Gasteiger partial charge in [0.05, 0.1) is 11.8 Å². The fraction of sp³-hybridized carbons (Fsp3) is 0.429. The van der Waals surface area contributed by atoms with Gasteiger partial charge in [0.1, 0.15) is 0 Å². The van der Waals surface area contributed by atoms with Gasteiger partial charge in [-0.05, 0) is 59.5 Å². The molecule has 1 unspecified atom stereocenters. The molecule has 0 saturated carbocycles. The average Bonchev–Trinajstić information content (AvgIpc) is 2.72. The quantitative estimate of drug-likeness (QED) is 0.775. The van der Waals surface area contributed by atoms with Crippen LogP contribution in [0.2, 0.25) is 0 Å². The number of anilines is 1. The normalized spacial score (nSPS) is 19.2. The minimum absolute atomic E-state index is 0.401. The van der Waals surface area contributed by atoms with E-state index in [9.17, 15) is 5.11 Å². The molecule has 0 radical (unpaired) electrons. The summed E-state index contributed by atoms with van der Waals surface area (Å²) in [6.45, 7) is 3.58. The highest BCUT2D eigenvalue weighted by atomic mass is 79.9. The number of halogens is 2. The number of likely N-dealkylation sites (tertiary alicyclic amines) is 1. The number of rotatable bonds is 3. The van der Waals surface area contributed by atoms with Crippen LogP contribution in [0.25, 0.3) is 0 Å². The first-order valence-electron chi connectivity index (χ1n) is 6.34. The maximum absolute atomic E-state index is 9.50. The third kappa shape index (κ3) is 3.74. The van der Waals surface area contributed by atoms with Gasteiger partial charge >= 0.3 is 0 Å². The SMILES string of the molecule is CC(O)/C=C1/CCCN1Cc1cc(Br)cc(Br)c1N.